The van der Waals surface area contributed by atoms with Crippen molar-refractivity contribution in [2.24, 2.45) is 0 Å². The third kappa shape index (κ3) is 3.81. The average molecular weight is 405 g/mol. The maximum absolute atomic E-state index is 11.8. The van der Waals surface area contributed by atoms with Crippen molar-refractivity contribution >= 4 is 9.04 Å². The van der Waals surface area contributed by atoms with Crippen LogP contribution in [-0.2, 0) is 32.5 Å². The summed E-state index contributed by atoms with van der Waals surface area (Å²) in [5.41, 5.74) is 0.883. The molecular formula is C9H7F3HgO2. The van der Waals surface area contributed by atoms with Crippen LogP contribution in [-0.4, -0.2) is 12.1 Å². The summed E-state index contributed by atoms with van der Waals surface area (Å²) in [7, 11) is 0. The van der Waals surface area contributed by atoms with Gasteiger partial charge in [0.1, 0.15) is 0 Å². The standard InChI is InChI=1S/C7H7.C2HF3O2.Hg/c1-7-5-3-2-4-6-7;3-2(4,5)1(6)7;/h2-5H,1H3;(H,6,7);/q;;+1/p-1. The normalized spacial score (nSPS) is 10.7. The van der Waals surface area contributed by atoms with Gasteiger partial charge in [-0.1, -0.05) is 0 Å². The van der Waals surface area contributed by atoms with Crippen LogP contribution in [0.5, 0.6) is 0 Å². The van der Waals surface area contributed by atoms with E-state index in [1.165, 1.54) is 0 Å². The molecule has 78 valence electrons. The Kier molecular flexibility index (Phi) is 4.13. The molecule has 0 saturated heterocycles. The van der Waals surface area contributed by atoms with Crippen molar-refractivity contribution in [3.8, 4) is 0 Å². The quantitative estimate of drug-likeness (QED) is 0.702. The fourth-order valence-corrected chi connectivity index (χ4v) is 4.99. The van der Waals surface area contributed by atoms with Crippen LogP contribution in [0, 0.1) is 6.92 Å². The first kappa shape index (κ1) is 12.5. The number of aryl methyl sites for hydroxylation is 1. The van der Waals surface area contributed by atoms with E-state index in [4.69, 9.17) is 0 Å². The Morgan fingerprint density at radius 3 is 2.47 bits per heavy atom. The van der Waals surface area contributed by atoms with E-state index in [0.29, 0.717) is 0 Å². The molecule has 0 N–H and O–H groups in total. The SMILES string of the molecule is Cc1cccc[c]1[Hg][O]C(=O)C(F)(F)F. The van der Waals surface area contributed by atoms with Gasteiger partial charge in [-0.3, -0.25) is 0 Å². The third-order valence-electron chi connectivity index (χ3n) is 1.85. The van der Waals surface area contributed by atoms with Gasteiger partial charge in [-0.25, -0.2) is 0 Å². The molecule has 15 heavy (non-hydrogen) atoms. The van der Waals surface area contributed by atoms with Crippen molar-refractivity contribution in [1.82, 2.24) is 0 Å². The number of alkyl halides is 3. The van der Waals surface area contributed by atoms with Crippen molar-refractivity contribution in [1.29, 1.82) is 0 Å². The summed E-state index contributed by atoms with van der Waals surface area (Å²) in [6.07, 6.45) is -4.87. The van der Waals surface area contributed by atoms with Crippen LogP contribution in [0.3, 0.4) is 0 Å². The Morgan fingerprint density at radius 1 is 1.33 bits per heavy atom. The summed E-state index contributed by atoms with van der Waals surface area (Å²) in [6.45, 7) is 1.79. The number of rotatable bonds is 2. The summed E-state index contributed by atoms with van der Waals surface area (Å²) in [4.78, 5) is 10.5. The number of benzene rings is 1. The summed E-state index contributed by atoms with van der Waals surface area (Å²) in [5, 5.41) is 0. The molecule has 6 heteroatoms. The zero-order valence-corrected chi connectivity index (χ0v) is 13.5. The van der Waals surface area contributed by atoms with Crippen LogP contribution >= 0.6 is 0 Å². The van der Waals surface area contributed by atoms with E-state index in [0.717, 1.165) is 8.64 Å². The van der Waals surface area contributed by atoms with Gasteiger partial charge < -0.3 is 0 Å². The molecule has 0 radical (unpaired) electrons. The van der Waals surface area contributed by atoms with Gasteiger partial charge in [-0.15, -0.1) is 0 Å². The molecule has 0 aliphatic rings. The Labute approximate surface area is 97.5 Å². The molecule has 0 heterocycles. The predicted molar refractivity (Wildman–Crippen MR) is 43.0 cm³/mol. The van der Waals surface area contributed by atoms with E-state index in [2.05, 4.69) is 2.64 Å². The van der Waals surface area contributed by atoms with Crippen molar-refractivity contribution in [2.75, 3.05) is 0 Å². The topological polar surface area (TPSA) is 26.3 Å². The van der Waals surface area contributed by atoms with Gasteiger partial charge >= 0.3 is 97.6 Å². The molecule has 0 fully saturated rings. The minimum atomic E-state index is -4.87. The second kappa shape index (κ2) is 4.96. The molecule has 1 rings (SSSR count). The van der Waals surface area contributed by atoms with Crippen LogP contribution in [0.1, 0.15) is 5.56 Å². The molecule has 0 atom stereocenters. The van der Waals surface area contributed by atoms with Gasteiger partial charge in [0.15, 0.2) is 0 Å². The van der Waals surface area contributed by atoms with E-state index < -0.39 is 37.2 Å². The van der Waals surface area contributed by atoms with Crippen molar-refractivity contribution in [2.45, 2.75) is 13.1 Å². The Morgan fingerprint density at radius 2 is 1.93 bits per heavy atom. The second-order valence-electron chi connectivity index (χ2n) is 3.00. The molecule has 0 bridgehead atoms. The van der Waals surface area contributed by atoms with E-state index in [1.807, 2.05) is 0 Å². The van der Waals surface area contributed by atoms with Crippen LogP contribution in [0.15, 0.2) is 24.3 Å². The summed E-state index contributed by atoms with van der Waals surface area (Å²) in [5.74, 6) is -2.06. The zero-order chi connectivity index (χ0) is 11.5. The Bertz CT molecular complexity index is 363. The molecule has 0 spiro atoms. The first-order valence-corrected chi connectivity index (χ1v) is 9.19. The zero-order valence-electron chi connectivity index (χ0n) is 7.97. The average Bonchev–Trinajstić information content (AvgIpc) is 2.14. The van der Waals surface area contributed by atoms with Gasteiger partial charge in [0.25, 0.3) is 0 Å². The monoisotopic (exact) mass is 406 g/mol. The van der Waals surface area contributed by atoms with E-state index >= 15 is 0 Å². The molecular weight excluding hydrogens is 398 g/mol. The molecule has 0 aliphatic heterocycles. The van der Waals surface area contributed by atoms with E-state index in [9.17, 15) is 18.0 Å². The fraction of sp³-hybridized carbons (Fsp3) is 0.222. The first-order valence-electron chi connectivity index (χ1n) is 4.19. The van der Waals surface area contributed by atoms with Crippen molar-refractivity contribution in [3.63, 3.8) is 0 Å². The van der Waals surface area contributed by atoms with Crippen LogP contribution < -0.4 is 3.07 Å². The Balaban J connectivity index is 2.59. The molecule has 0 aromatic heterocycles. The predicted octanol–water partition coefficient (Wildman–Crippen LogP) is 1.72. The maximum atomic E-state index is 11.8. The molecule has 0 unspecified atom stereocenters. The van der Waals surface area contributed by atoms with Gasteiger partial charge in [-0.2, -0.15) is 0 Å². The van der Waals surface area contributed by atoms with Crippen LogP contribution in [0.4, 0.5) is 13.2 Å². The molecule has 0 amide bonds. The minimum absolute atomic E-state index is 0.787. The molecule has 0 saturated carbocycles. The molecule has 1 aromatic carbocycles. The number of hydrogen-bond acceptors (Lipinski definition) is 2. The number of halogens is 3. The van der Waals surface area contributed by atoms with Gasteiger partial charge in [0, 0.05) is 0 Å². The van der Waals surface area contributed by atoms with Crippen molar-refractivity contribution < 1.29 is 45.6 Å². The molecule has 0 aliphatic carbocycles. The summed E-state index contributed by atoms with van der Waals surface area (Å²) < 4.78 is 40.6. The van der Waals surface area contributed by atoms with Crippen molar-refractivity contribution in [3.05, 3.63) is 29.8 Å². The summed E-state index contributed by atoms with van der Waals surface area (Å²) in [6, 6.07) is 7.01. The Hall–Kier alpha value is -0.585. The van der Waals surface area contributed by atoms with Gasteiger partial charge in [0.2, 0.25) is 0 Å². The van der Waals surface area contributed by atoms with E-state index in [-0.39, 0.29) is 0 Å². The van der Waals surface area contributed by atoms with Gasteiger partial charge in [-0.05, 0) is 0 Å². The molecule has 2 nitrogen and oxygen atoms in total. The van der Waals surface area contributed by atoms with Gasteiger partial charge in [0.05, 0.1) is 0 Å². The number of carbonyl (C=O) groups excluding carboxylic acids is 1. The van der Waals surface area contributed by atoms with Crippen LogP contribution in [0.25, 0.3) is 0 Å². The number of hydrogen-bond donors (Lipinski definition) is 0. The van der Waals surface area contributed by atoms with E-state index in [1.54, 1.807) is 31.2 Å². The third-order valence-corrected chi connectivity index (χ3v) is 7.73. The molecule has 1 aromatic rings. The summed E-state index contributed by atoms with van der Waals surface area (Å²) >= 11 is -2.41. The second-order valence-corrected chi connectivity index (χ2v) is 8.21. The fourth-order valence-electron chi connectivity index (χ4n) is 0.997. The van der Waals surface area contributed by atoms with Crippen LogP contribution in [0.2, 0.25) is 0 Å². The number of carbonyl (C=O) groups is 1. The first-order chi connectivity index (χ1) is 6.91.